The van der Waals surface area contributed by atoms with E-state index < -0.39 is 6.10 Å². The second kappa shape index (κ2) is 6.71. The molecule has 0 aliphatic rings. The molecule has 3 heteroatoms. The average Bonchev–Trinajstić information content (AvgIpc) is 2.54. The Morgan fingerprint density at radius 3 is 2.57 bits per heavy atom. The van der Waals surface area contributed by atoms with Crippen LogP contribution < -0.4 is 4.74 Å². The molecule has 0 aliphatic heterocycles. The maximum atomic E-state index is 12.5. The van der Waals surface area contributed by atoms with E-state index in [0.29, 0.717) is 23.3 Å². The van der Waals surface area contributed by atoms with E-state index in [1.807, 2.05) is 38.1 Å². The lowest BCUT2D eigenvalue weighted by Crippen LogP contribution is -2.27. The van der Waals surface area contributed by atoms with E-state index in [4.69, 9.17) is 10.00 Å². The monoisotopic (exact) mass is 279 g/mol. The molecular formula is C18H17NO2. The van der Waals surface area contributed by atoms with E-state index in [-0.39, 0.29) is 5.78 Å². The van der Waals surface area contributed by atoms with Gasteiger partial charge in [0.1, 0.15) is 5.75 Å². The molecule has 1 unspecified atom stereocenters. The first-order valence-electron chi connectivity index (χ1n) is 6.92. The molecular weight excluding hydrogens is 262 g/mol. The van der Waals surface area contributed by atoms with Gasteiger partial charge in [0.05, 0.1) is 11.6 Å². The number of carbonyl (C=O) groups is 1. The highest BCUT2D eigenvalue weighted by Crippen LogP contribution is 2.22. The molecule has 1 atom stereocenters. The number of ether oxygens (including phenoxy) is 1. The van der Waals surface area contributed by atoms with Crippen LogP contribution in [-0.2, 0) is 0 Å². The van der Waals surface area contributed by atoms with Gasteiger partial charge >= 0.3 is 0 Å². The Labute approximate surface area is 124 Å². The van der Waals surface area contributed by atoms with E-state index in [1.165, 1.54) is 0 Å². The fourth-order valence-corrected chi connectivity index (χ4v) is 2.06. The lowest BCUT2D eigenvalue weighted by Gasteiger charge is -2.18. The first-order chi connectivity index (χ1) is 10.2. The number of hydrogen-bond acceptors (Lipinski definition) is 3. The second-order valence-corrected chi connectivity index (χ2v) is 4.84. The summed E-state index contributed by atoms with van der Waals surface area (Å²) < 4.78 is 5.85. The number of aryl methyl sites for hydroxylation is 1. The molecule has 0 spiro atoms. The molecule has 0 saturated carbocycles. The van der Waals surface area contributed by atoms with Crippen molar-refractivity contribution in [3.05, 3.63) is 65.2 Å². The highest BCUT2D eigenvalue weighted by atomic mass is 16.5. The summed E-state index contributed by atoms with van der Waals surface area (Å²) in [6.45, 7) is 3.81. The first kappa shape index (κ1) is 14.8. The van der Waals surface area contributed by atoms with Crippen molar-refractivity contribution in [2.75, 3.05) is 0 Å². The number of ketones is 1. The van der Waals surface area contributed by atoms with Gasteiger partial charge in [-0.1, -0.05) is 43.3 Å². The van der Waals surface area contributed by atoms with Gasteiger partial charge in [-0.15, -0.1) is 0 Å². The van der Waals surface area contributed by atoms with Gasteiger partial charge in [-0.05, 0) is 31.0 Å². The van der Waals surface area contributed by atoms with Gasteiger partial charge in [-0.3, -0.25) is 4.79 Å². The lowest BCUT2D eigenvalue weighted by molar-refractivity contribution is 0.0785. The number of carbonyl (C=O) groups excluding carboxylic acids is 1. The summed E-state index contributed by atoms with van der Waals surface area (Å²) in [6, 6.07) is 16.4. The Morgan fingerprint density at radius 2 is 1.95 bits per heavy atom. The molecule has 2 rings (SSSR count). The van der Waals surface area contributed by atoms with Crippen molar-refractivity contribution in [2.45, 2.75) is 26.4 Å². The normalized spacial score (nSPS) is 11.5. The molecule has 0 heterocycles. The first-order valence-corrected chi connectivity index (χ1v) is 6.92. The summed E-state index contributed by atoms with van der Waals surface area (Å²) in [5.41, 5.74) is 2.07. The van der Waals surface area contributed by atoms with Crippen LogP contribution >= 0.6 is 0 Å². The summed E-state index contributed by atoms with van der Waals surface area (Å²) >= 11 is 0. The number of rotatable bonds is 5. The Balaban J connectivity index is 2.24. The summed E-state index contributed by atoms with van der Waals surface area (Å²) in [5.74, 6) is 0.546. The number of nitrogens with zero attached hydrogens (tertiary/aromatic N) is 1. The van der Waals surface area contributed by atoms with E-state index in [1.54, 1.807) is 24.3 Å². The summed E-state index contributed by atoms with van der Waals surface area (Å²) in [5, 5.41) is 8.96. The standard InChI is InChI=1S/C18H17NO2/c1-3-16(18(20)15-7-5-4-6-8-15)21-17-11-14(12-19)10-9-13(17)2/h4-11,16H,3H2,1-2H3. The molecule has 0 amide bonds. The summed E-state index contributed by atoms with van der Waals surface area (Å²) in [6.07, 6.45) is 0.0317. The minimum absolute atomic E-state index is 0.0418. The zero-order valence-electron chi connectivity index (χ0n) is 12.2. The van der Waals surface area contributed by atoms with Crippen LogP contribution in [0.4, 0.5) is 0 Å². The van der Waals surface area contributed by atoms with Crippen LogP contribution in [0.15, 0.2) is 48.5 Å². The molecule has 0 fully saturated rings. The molecule has 0 saturated heterocycles. The Morgan fingerprint density at radius 1 is 1.24 bits per heavy atom. The van der Waals surface area contributed by atoms with Crippen molar-refractivity contribution in [2.24, 2.45) is 0 Å². The molecule has 2 aromatic carbocycles. The van der Waals surface area contributed by atoms with Gasteiger partial charge in [-0.25, -0.2) is 0 Å². The van der Waals surface area contributed by atoms with Gasteiger partial charge < -0.3 is 4.74 Å². The molecule has 0 aliphatic carbocycles. The molecule has 0 bridgehead atoms. The van der Waals surface area contributed by atoms with Crippen LogP contribution in [0.25, 0.3) is 0 Å². The quantitative estimate of drug-likeness (QED) is 0.780. The minimum atomic E-state index is -0.542. The molecule has 106 valence electrons. The highest BCUT2D eigenvalue weighted by Gasteiger charge is 2.20. The van der Waals surface area contributed by atoms with Crippen molar-refractivity contribution < 1.29 is 9.53 Å². The zero-order chi connectivity index (χ0) is 15.2. The summed E-state index contributed by atoms with van der Waals surface area (Å²) in [4.78, 5) is 12.5. The van der Waals surface area contributed by atoms with E-state index >= 15 is 0 Å². The van der Waals surface area contributed by atoms with Crippen molar-refractivity contribution in [3.63, 3.8) is 0 Å². The van der Waals surface area contributed by atoms with Crippen LogP contribution in [0.5, 0.6) is 5.75 Å². The van der Waals surface area contributed by atoms with Gasteiger partial charge in [0, 0.05) is 5.56 Å². The van der Waals surface area contributed by atoms with Crippen molar-refractivity contribution in [1.82, 2.24) is 0 Å². The summed E-state index contributed by atoms with van der Waals surface area (Å²) in [7, 11) is 0. The predicted molar refractivity (Wildman–Crippen MR) is 81.4 cm³/mol. The third-order valence-corrected chi connectivity index (χ3v) is 3.31. The molecule has 21 heavy (non-hydrogen) atoms. The topological polar surface area (TPSA) is 50.1 Å². The lowest BCUT2D eigenvalue weighted by atomic mass is 10.0. The van der Waals surface area contributed by atoms with Crippen LogP contribution in [0.2, 0.25) is 0 Å². The molecule has 0 N–H and O–H groups in total. The van der Waals surface area contributed by atoms with Gasteiger partial charge in [0.15, 0.2) is 6.10 Å². The average molecular weight is 279 g/mol. The van der Waals surface area contributed by atoms with Gasteiger partial charge in [0.25, 0.3) is 0 Å². The Bertz CT molecular complexity index is 671. The third kappa shape index (κ3) is 3.49. The van der Waals surface area contributed by atoms with Crippen LogP contribution in [0.3, 0.4) is 0 Å². The Kier molecular flexibility index (Phi) is 4.73. The number of hydrogen-bond donors (Lipinski definition) is 0. The predicted octanol–water partition coefficient (Wildman–Crippen LogP) is 3.91. The van der Waals surface area contributed by atoms with Crippen molar-refractivity contribution >= 4 is 5.78 Å². The van der Waals surface area contributed by atoms with E-state index in [0.717, 1.165) is 5.56 Å². The van der Waals surface area contributed by atoms with Crippen LogP contribution in [-0.4, -0.2) is 11.9 Å². The maximum Gasteiger partial charge on any atom is 0.203 e. The molecule has 2 aromatic rings. The SMILES string of the molecule is CCC(Oc1cc(C#N)ccc1C)C(=O)c1ccccc1. The van der Waals surface area contributed by atoms with Gasteiger partial charge in [0.2, 0.25) is 5.78 Å². The highest BCUT2D eigenvalue weighted by molar-refractivity contribution is 5.99. The van der Waals surface area contributed by atoms with Crippen molar-refractivity contribution in [3.8, 4) is 11.8 Å². The fourth-order valence-electron chi connectivity index (χ4n) is 2.06. The fraction of sp³-hybridized carbons (Fsp3) is 0.222. The molecule has 3 nitrogen and oxygen atoms in total. The smallest absolute Gasteiger partial charge is 0.203 e. The second-order valence-electron chi connectivity index (χ2n) is 4.84. The third-order valence-electron chi connectivity index (χ3n) is 3.31. The number of nitriles is 1. The van der Waals surface area contributed by atoms with E-state index in [2.05, 4.69) is 6.07 Å². The Hall–Kier alpha value is -2.60. The largest absolute Gasteiger partial charge is 0.482 e. The van der Waals surface area contributed by atoms with Crippen LogP contribution in [0.1, 0.15) is 34.8 Å². The number of Topliss-reactive ketones (excluding diaryl/α,β-unsaturated/α-hetero) is 1. The van der Waals surface area contributed by atoms with Gasteiger partial charge in [-0.2, -0.15) is 5.26 Å². The van der Waals surface area contributed by atoms with Crippen LogP contribution in [0, 0.1) is 18.3 Å². The molecule has 0 radical (unpaired) electrons. The minimum Gasteiger partial charge on any atom is -0.482 e. The van der Waals surface area contributed by atoms with E-state index in [9.17, 15) is 4.79 Å². The molecule has 0 aromatic heterocycles. The zero-order valence-corrected chi connectivity index (χ0v) is 12.2. The maximum absolute atomic E-state index is 12.5. The number of benzene rings is 2. The van der Waals surface area contributed by atoms with Crippen molar-refractivity contribution in [1.29, 1.82) is 5.26 Å².